The zero-order valence-electron chi connectivity index (χ0n) is 51.1. The second-order valence-corrected chi connectivity index (χ2v) is 26.8. The highest BCUT2D eigenvalue weighted by Gasteiger charge is 2.41. The summed E-state index contributed by atoms with van der Waals surface area (Å²) in [4.78, 5) is 11.1. The molecule has 0 fully saturated rings. The quantitative estimate of drug-likeness (QED) is 0.166. The molecule has 0 bridgehead atoms. The Morgan fingerprint density at radius 1 is 0.256 bits per heavy atom. The van der Waals surface area contributed by atoms with Crippen LogP contribution in [0.15, 0.2) is 261 Å². The van der Waals surface area contributed by atoms with Crippen molar-refractivity contribution in [2.45, 2.75) is 57.8 Å². The smallest absolute Gasteiger partial charge is 0.160 e. The van der Waals surface area contributed by atoms with Crippen LogP contribution in [0.5, 0.6) is 0 Å². The maximum absolute atomic E-state index is 5.55. The predicted octanol–water partition coefficient (Wildman–Crippen LogP) is 21.7. The van der Waals surface area contributed by atoms with Crippen LogP contribution in [0.1, 0.15) is 74.9 Å². The maximum atomic E-state index is 5.55. The standard InChI is InChI=1S/C85H61N5/c1-83(2)65-28-13-7-22-56(65)59-42-45-73-76(79(59)83)62-25-10-16-31-70(62)88(73)53-38-34-50(35-39-53)68-49-69(52-20-19-21-55(48-52)90-72-33-18-12-27-64(72)78-75(90)47-44-61-58-24-9-15-30-67(58)85(5,6)81(61)78)87-82(86-68)51-36-40-54(41-37-51)89-71-32-17-11-26-63(71)77-74(89)46-43-60-57-23-8-14-29-66(57)84(3,4)80(60)77/h7-49H,1-6H3. The molecule has 0 saturated carbocycles. The Bertz CT molecular complexity index is 5560. The van der Waals surface area contributed by atoms with Gasteiger partial charge in [-0.15, -0.1) is 0 Å². The molecule has 0 amide bonds. The highest BCUT2D eigenvalue weighted by Crippen LogP contribution is 2.57. The summed E-state index contributed by atoms with van der Waals surface area (Å²) >= 11 is 0. The van der Waals surface area contributed by atoms with E-state index in [0.29, 0.717) is 5.82 Å². The molecule has 4 heterocycles. The van der Waals surface area contributed by atoms with E-state index in [9.17, 15) is 0 Å². The first-order valence-electron chi connectivity index (χ1n) is 31.6. The molecule has 90 heavy (non-hydrogen) atoms. The van der Waals surface area contributed by atoms with Gasteiger partial charge in [-0.1, -0.05) is 211 Å². The summed E-state index contributed by atoms with van der Waals surface area (Å²) in [5.41, 5.74) is 30.9. The molecule has 5 nitrogen and oxygen atoms in total. The molecule has 426 valence electrons. The Balaban J connectivity index is 0.766. The van der Waals surface area contributed by atoms with Crippen molar-refractivity contribution in [3.63, 3.8) is 0 Å². The van der Waals surface area contributed by atoms with Crippen LogP contribution >= 0.6 is 0 Å². The van der Waals surface area contributed by atoms with E-state index in [2.05, 4.69) is 316 Å². The van der Waals surface area contributed by atoms with Crippen molar-refractivity contribution in [1.29, 1.82) is 0 Å². The Morgan fingerprint density at radius 2 is 0.611 bits per heavy atom. The molecule has 19 rings (SSSR count). The van der Waals surface area contributed by atoms with E-state index < -0.39 is 0 Å². The van der Waals surface area contributed by atoms with Gasteiger partial charge >= 0.3 is 0 Å². The van der Waals surface area contributed by atoms with E-state index in [1.54, 1.807) is 0 Å². The van der Waals surface area contributed by atoms with Gasteiger partial charge in [-0.05, 0) is 158 Å². The number of hydrogen-bond acceptors (Lipinski definition) is 2. The van der Waals surface area contributed by atoms with Gasteiger partial charge in [0, 0.05) is 82.3 Å². The van der Waals surface area contributed by atoms with E-state index in [1.165, 1.54) is 132 Å². The summed E-state index contributed by atoms with van der Waals surface area (Å²) in [5, 5.41) is 7.74. The second kappa shape index (κ2) is 18.1. The minimum absolute atomic E-state index is 0.156. The van der Waals surface area contributed by atoms with E-state index in [4.69, 9.17) is 9.97 Å². The van der Waals surface area contributed by atoms with Crippen LogP contribution in [0.25, 0.3) is 150 Å². The summed E-state index contributed by atoms with van der Waals surface area (Å²) in [5.74, 6) is 0.664. The van der Waals surface area contributed by atoms with Gasteiger partial charge in [-0.25, -0.2) is 9.97 Å². The summed E-state index contributed by atoms with van der Waals surface area (Å²) in [7, 11) is 0. The van der Waals surface area contributed by atoms with Gasteiger partial charge in [0.25, 0.3) is 0 Å². The van der Waals surface area contributed by atoms with E-state index in [0.717, 1.165) is 45.1 Å². The molecule has 0 radical (unpaired) electrons. The van der Waals surface area contributed by atoms with Gasteiger partial charge in [-0.2, -0.15) is 0 Å². The lowest BCUT2D eigenvalue weighted by molar-refractivity contribution is 0.666. The first kappa shape index (κ1) is 51.2. The molecular weight excluding hydrogens is 1090 g/mol. The Hall–Kier alpha value is -10.9. The Labute approximate surface area is 522 Å². The monoisotopic (exact) mass is 1150 g/mol. The minimum Gasteiger partial charge on any atom is -0.309 e. The van der Waals surface area contributed by atoms with Crippen LogP contribution in [0.4, 0.5) is 0 Å². The van der Waals surface area contributed by atoms with Gasteiger partial charge in [0.05, 0.1) is 44.5 Å². The third kappa shape index (κ3) is 6.81. The van der Waals surface area contributed by atoms with Gasteiger partial charge < -0.3 is 13.7 Å². The first-order valence-corrected chi connectivity index (χ1v) is 31.6. The summed E-state index contributed by atoms with van der Waals surface area (Å²) in [6.07, 6.45) is 0. The van der Waals surface area contributed by atoms with Crippen molar-refractivity contribution < 1.29 is 0 Å². The molecule has 0 spiro atoms. The number of rotatable bonds is 6. The molecule has 0 unspecified atom stereocenters. The van der Waals surface area contributed by atoms with Crippen molar-refractivity contribution in [2.24, 2.45) is 0 Å². The normalized spacial score (nSPS) is 14.6. The van der Waals surface area contributed by atoms with Crippen LogP contribution in [0.2, 0.25) is 0 Å². The van der Waals surface area contributed by atoms with Crippen LogP contribution in [0, 0.1) is 0 Å². The van der Waals surface area contributed by atoms with Crippen LogP contribution in [-0.4, -0.2) is 23.7 Å². The molecule has 16 aromatic rings. The van der Waals surface area contributed by atoms with Gasteiger partial charge in [-0.3, -0.25) is 0 Å². The molecular formula is C85H61N5. The van der Waals surface area contributed by atoms with Crippen molar-refractivity contribution in [2.75, 3.05) is 0 Å². The van der Waals surface area contributed by atoms with Crippen LogP contribution in [0.3, 0.4) is 0 Å². The molecule has 0 saturated heterocycles. The largest absolute Gasteiger partial charge is 0.309 e. The maximum Gasteiger partial charge on any atom is 0.160 e. The molecule has 12 aromatic carbocycles. The average Bonchev–Trinajstić information content (AvgIpc) is 1.57. The highest BCUT2D eigenvalue weighted by atomic mass is 15.0. The highest BCUT2D eigenvalue weighted by molar-refractivity contribution is 6.17. The SMILES string of the molecule is CC1(C)c2ccccc2-c2ccc3c(c21)c1ccccc1n3-c1ccc(-c2cc(-c3cccc(-n4c5ccccc5c5c6c(ccc54)-c4ccccc4C6(C)C)c3)nc(-c3ccc(-n4c5ccccc5c5c6c(ccc54)-c4ccccc4C6(C)C)cc3)n2)cc1. The average molecular weight is 1150 g/mol. The van der Waals surface area contributed by atoms with E-state index in [1.807, 2.05) is 0 Å². The topological polar surface area (TPSA) is 40.6 Å². The van der Waals surface area contributed by atoms with Crippen molar-refractivity contribution in [1.82, 2.24) is 23.7 Å². The first-order chi connectivity index (χ1) is 43.9. The summed E-state index contributed by atoms with van der Waals surface area (Å²) < 4.78 is 7.35. The lowest BCUT2D eigenvalue weighted by Crippen LogP contribution is -2.15. The summed E-state index contributed by atoms with van der Waals surface area (Å²) in [6.45, 7) is 14.3. The van der Waals surface area contributed by atoms with E-state index in [-0.39, 0.29) is 16.2 Å². The third-order valence-electron chi connectivity index (χ3n) is 21.0. The molecule has 5 heteroatoms. The summed E-state index contributed by atoms with van der Waals surface area (Å²) in [6, 6.07) is 96.7. The molecule has 0 aliphatic heterocycles. The fourth-order valence-electron chi connectivity index (χ4n) is 17.0. The molecule has 4 aromatic heterocycles. The number of nitrogens with zero attached hydrogens (tertiary/aromatic N) is 5. The number of para-hydroxylation sites is 3. The lowest BCUT2D eigenvalue weighted by Gasteiger charge is -2.22. The van der Waals surface area contributed by atoms with Crippen molar-refractivity contribution in [3.8, 4) is 84.3 Å². The second-order valence-electron chi connectivity index (χ2n) is 26.8. The number of aromatic nitrogens is 5. The zero-order chi connectivity index (χ0) is 60.1. The number of fused-ring (bicyclic) bond motifs is 21. The van der Waals surface area contributed by atoms with Crippen molar-refractivity contribution in [3.05, 3.63) is 294 Å². The molecule has 3 aliphatic rings. The number of benzene rings is 12. The lowest BCUT2D eigenvalue weighted by atomic mass is 9.80. The minimum atomic E-state index is -0.172. The van der Waals surface area contributed by atoms with Crippen LogP contribution < -0.4 is 0 Å². The third-order valence-corrected chi connectivity index (χ3v) is 21.0. The van der Waals surface area contributed by atoms with Gasteiger partial charge in [0.15, 0.2) is 5.82 Å². The zero-order valence-corrected chi connectivity index (χ0v) is 51.1. The molecule has 3 aliphatic carbocycles. The predicted molar refractivity (Wildman–Crippen MR) is 374 cm³/mol. The van der Waals surface area contributed by atoms with Crippen molar-refractivity contribution >= 4 is 65.4 Å². The number of hydrogen-bond donors (Lipinski definition) is 0. The fraction of sp³-hybridized carbons (Fsp3) is 0.106. The Kier molecular flexibility index (Phi) is 10.3. The van der Waals surface area contributed by atoms with E-state index >= 15 is 0 Å². The molecule has 0 atom stereocenters. The molecule has 0 N–H and O–H groups in total. The Morgan fingerprint density at radius 3 is 1.03 bits per heavy atom. The van der Waals surface area contributed by atoms with Gasteiger partial charge in [0.1, 0.15) is 0 Å². The fourth-order valence-corrected chi connectivity index (χ4v) is 17.0. The van der Waals surface area contributed by atoms with Crippen LogP contribution in [-0.2, 0) is 16.2 Å². The van der Waals surface area contributed by atoms with Gasteiger partial charge in [0.2, 0.25) is 0 Å².